The van der Waals surface area contributed by atoms with E-state index in [9.17, 15) is 9.18 Å². The maximum atomic E-state index is 12.8. The molecule has 0 radical (unpaired) electrons. The SMILES string of the molecule is NC(=O)C1(c2cncc(F)c2)CC1. The van der Waals surface area contributed by atoms with Gasteiger partial charge in [-0.15, -0.1) is 0 Å². The van der Waals surface area contributed by atoms with Gasteiger partial charge in [-0.3, -0.25) is 9.78 Å². The molecule has 68 valence electrons. The van der Waals surface area contributed by atoms with Crippen LogP contribution in [0.1, 0.15) is 18.4 Å². The number of hydrogen-bond donors (Lipinski definition) is 1. The molecule has 0 bridgehead atoms. The molecule has 1 aromatic heterocycles. The van der Waals surface area contributed by atoms with Crippen LogP contribution in [0, 0.1) is 5.82 Å². The predicted molar refractivity (Wildman–Crippen MR) is 44.3 cm³/mol. The second-order valence-corrected chi connectivity index (χ2v) is 3.34. The van der Waals surface area contributed by atoms with Gasteiger partial charge in [0.1, 0.15) is 5.82 Å². The fourth-order valence-corrected chi connectivity index (χ4v) is 1.48. The molecule has 0 aromatic carbocycles. The van der Waals surface area contributed by atoms with Gasteiger partial charge < -0.3 is 5.73 Å². The molecule has 1 heterocycles. The van der Waals surface area contributed by atoms with Gasteiger partial charge in [-0.1, -0.05) is 0 Å². The van der Waals surface area contributed by atoms with E-state index in [2.05, 4.69) is 4.98 Å². The van der Waals surface area contributed by atoms with E-state index >= 15 is 0 Å². The quantitative estimate of drug-likeness (QED) is 0.729. The lowest BCUT2D eigenvalue weighted by atomic mass is 9.97. The van der Waals surface area contributed by atoms with Crippen molar-refractivity contribution in [2.24, 2.45) is 5.73 Å². The Balaban J connectivity index is 2.41. The van der Waals surface area contributed by atoms with Crippen molar-refractivity contribution in [3.63, 3.8) is 0 Å². The van der Waals surface area contributed by atoms with E-state index in [1.165, 1.54) is 12.3 Å². The van der Waals surface area contributed by atoms with Gasteiger partial charge in [0.2, 0.25) is 5.91 Å². The first-order valence-electron chi connectivity index (χ1n) is 4.06. The molecule has 0 atom stereocenters. The number of amides is 1. The molecule has 2 rings (SSSR count). The van der Waals surface area contributed by atoms with Crippen molar-refractivity contribution in [2.45, 2.75) is 18.3 Å². The maximum absolute atomic E-state index is 12.8. The van der Waals surface area contributed by atoms with Gasteiger partial charge >= 0.3 is 0 Å². The van der Waals surface area contributed by atoms with Crippen LogP contribution in [-0.2, 0) is 10.2 Å². The van der Waals surface area contributed by atoms with E-state index in [0.717, 1.165) is 6.20 Å². The molecule has 1 fully saturated rings. The highest BCUT2D eigenvalue weighted by Crippen LogP contribution is 2.47. The van der Waals surface area contributed by atoms with Crippen LogP contribution in [0.5, 0.6) is 0 Å². The zero-order valence-corrected chi connectivity index (χ0v) is 6.96. The number of pyridine rings is 1. The highest BCUT2D eigenvalue weighted by Gasteiger charge is 2.50. The Morgan fingerprint density at radius 3 is 2.69 bits per heavy atom. The van der Waals surface area contributed by atoms with Crippen molar-refractivity contribution in [2.75, 3.05) is 0 Å². The Bertz CT molecular complexity index is 360. The minimum absolute atomic E-state index is 0.389. The summed E-state index contributed by atoms with van der Waals surface area (Å²) in [4.78, 5) is 14.8. The molecule has 0 aliphatic heterocycles. The largest absolute Gasteiger partial charge is 0.369 e. The lowest BCUT2D eigenvalue weighted by molar-refractivity contribution is -0.120. The average molecular weight is 180 g/mol. The average Bonchev–Trinajstić information content (AvgIpc) is 2.83. The van der Waals surface area contributed by atoms with Crippen LogP contribution in [0.4, 0.5) is 4.39 Å². The number of halogens is 1. The standard InChI is InChI=1S/C9H9FN2O/c10-7-3-6(4-12-5-7)9(1-2-9)8(11)13/h3-5H,1-2H2,(H2,11,13). The molecule has 0 unspecified atom stereocenters. The molecular formula is C9H9FN2O. The van der Waals surface area contributed by atoms with Gasteiger partial charge in [0.25, 0.3) is 0 Å². The third-order valence-electron chi connectivity index (χ3n) is 2.48. The lowest BCUT2D eigenvalue weighted by Crippen LogP contribution is -2.28. The second-order valence-electron chi connectivity index (χ2n) is 3.34. The van der Waals surface area contributed by atoms with E-state index in [1.54, 1.807) is 0 Å². The molecule has 4 heteroatoms. The Labute approximate surface area is 74.8 Å². The third-order valence-corrected chi connectivity index (χ3v) is 2.48. The van der Waals surface area contributed by atoms with Gasteiger partial charge in [0, 0.05) is 6.20 Å². The molecular weight excluding hydrogens is 171 g/mol. The normalized spacial score (nSPS) is 18.2. The first kappa shape index (κ1) is 8.16. The van der Waals surface area contributed by atoms with Crippen molar-refractivity contribution in [3.8, 4) is 0 Å². The number of aromatic nitrogens is 1. The van der Waals surface area contributed by atoms with Crippen LogP contribution in [0.3, 0.4) is 0 Å². The van der Waals surface area contributed by atoms with Gasteiger partial charge in [0.15, 0.2) is 0 Å². The predicted octanol–water partition coefficient (Wildman–Crippen LogP) is 0.738. The Morgan fingerprint density at radius 2 is 2.23 bits per heavy atom. The summed E-state index contributed by atoms with van der Waals surface area (Å²) in [6.07, 6.45) is 4.02. The maximum Gasteiger partial charge on any atom is 0.228 e. The Morgan fingerprint density at radius 1 is 1.54 bits per heavy atom. The topological polar surface area (TPSA) is 56.0 Å². The monoisotopic (exact) mass is 180 g/mol. The summed E-state index contributed by atoms with van der Waals surface area (Å²) in [7, 11) is 0. The van der Waals surface area contributed by atoms with Crippen LogP contribution in [0.15, 0.2) is 18.5 Å². The fraction of sp³-hybridized carbons (Fsp3) is 0.333. The number of carbonyl (C=O) groups excluding carboxylic acids is 1. The fourth-order valence-electron chi connectivity index (χ4n) is 1.48. The number of rotatable bonds is 2. The number of primary amides is 1. The molecule has 13 heavy (non-hydrogen) atoms. The summed E-state index contributed by atoms with van der Waals surface area (Å²) in [6, 6.07) is 1.32. The van der Waals surface area contributed by atoms with Crippen molar-refractivity contribution >= 4 is 5.91 Å². The summed E-state index contributed by atoms with van der Waals surface area (Å²) in [5.74, 6) is -0.815. The lowest BCUT2D eigenvalue weighted by Gasteiger charge is -2.09. The Kier molecular flexibility index (Phi) is 1.58. The summed E-state index contributed by atoms with van der Waals surface area (Å²) < 4.78 is 12.8. The number of carbonyl (C=O) groups is 1. The van der Waals surface area contributed by atoms with Crippen LogP contribution in [-0.4, -0.2) is 10.9 Å². The van der Waals surface area contributed by atoms with Crippen LogP contribution >= 0.6 is 0 Å². The van der Waals surface area contributed by atoms with E-state index in [1.807, 2.05) is 0 Å². The summed E-state index contributed by atoms with van der Waals surface area (Å²) in [5.41, 5.74) is 5.19. The molecule has 2 N–H and O–H groups in total. The summed E-state index contributed by atoms with van der Waals surface area (Å²) in [5, 5.41) is 0. The molecule has 1 saturated carbocycles. The minimum Gasteiger partial charge on any atom is -0.369 e. The molecule has 0 spiro atoms. The van der Waals surface area contributed by atoms with E-state index in [4.69, 9.17) is 5.73 Å². The highest BCUT2D eigenvalue weighted by molar-refractivity contribution is 5.89. The van der Waals surface area contributed by atoms with E-state index < -0.39 is 11.2 Å². The molecule has 0 saturated heterocycles. The number of nitrogens with two attached hydrogens (primary N) is 1. The molecule has 1 aliphatic carbocycles. The van der Waals surface area contributed by atoms with Gasteiger partial charge in [-0.25, -0.2) is 4.39 Å². The first-order valence-corrected chi connectivity index (χ1v) is 4.06. The van der Waals surface area contributed by atoms with E-state index in [0.29, 0.717) is 18.4 Å². The van der Waals surface area contributed by atoms with Gasteiger partial charge in [-0.2, -0.15) is 0 Å². The van der Waals surface area contributed by atoms with E-state index in [-0.39, 0.29) is 5.91 Å². The van der Waals surface area contributed by atoms with Gasteiger partial charge in [0.05, 0.1) is 11.6 Å². The minimum atomic E-state index is -0.630. The zero-order chi connectivity index (χ0) is 9.47. The molecule has 1 aliphatic rings. The van der Waals surface area contributed by atoms with Crippen molar-refractivity contribution in [1.29, 1.82) is 0 Å². The third kappa shape index (κ3) is 1.18. The van der Waals surface area contributed by atoms with Crippen molar-refractivity contribution in [3.05, 3.63) is 29.8 Å². The van der Waals surface area contributed by atoms with Crippen molar-refractivity contribution in [1.82, 2.24) is 4.98 Å². The second kappa shape index (κ2) is 2.52. The van der Waals surface area contributed by atoms with Crippen LogP contribution in [0.2, 0.25) is 0 Å². The zero-order valence-electron chi connectivity index (χ0n) is 6.96. The van der Waals surface area contributed by atoms with Gasteiger partial charge in [-0.05, 0) is 24.5 Å². The summed E-state index contributed by atoms with van der Waals surface area (Å²) >= 11 is 0. The Hall–Kier alpha value is -1.45. The first-order chi connectivity index (χ1) is 6.15. The molecule has 1 amide bonds. The van der Waals surface area contributed by atoms with Crippen LogP contribution < -0.4 is 5.73 Å². The smallest absolute Gasteiger partial charge is 0.228 e. The summed E-state index contributed by atoms with van der Waals surface area (Å²) in [6.45, 7) is 0. The van der Waals surface area contributed by atoms with Crippen LogP contribution in [0.25, 0.3) is 0 Å². The molecule has 1 aromatic rings. The number of hydrogen-bond acceptors (Lipinski definition) is 2. The molecule has 3 nitrogen and oxygen atoms in total. The number of nitrogens with zero attached hydrogens (tertiary/aromatic N) is 1. The highest BCUT2D eigenvalue weighted by atomic mass is 19.1. The van der Waals surface area contributed by atoms with Crippen molar-refractivity contribution < 1.29 is 9.18 Å².